The third-order valence-electron chi connectivity index (χ3n) is 4.97. The average Bonchev–Trinajstić information content (AvgIpc) is 2.63. The summed E-state index contributed by atoms with van der Waals surface area (Å²) in [6, 6.07) is 8.76. The summed E-state index contributed by atoms with van der Waals surface area (Å²) in [4.78, 5) is 6.98. The van der Waals surface area contributed by atoms with Gasteiger partial charge in [-0.3, -0.25) is 0 Å². The van der Waals surface area contributed by atoms with Crippen molar-refractivity contribution >= 4 is 11.3 Å². The Kier molecular flexibility index (Phi) is 5.89. The molecule has 1 N–H and O–H groups in total. The second kappa shape index (κ2) is 8.33. The van der Waals surface area contributed by atoms with E-state index in [0.29, 0.717) is 5.92 Å². The van der Waals surface area contributed by atoms with Crippen LogP contribution in [0, 0.1) is 5.92 Å². The van der Waals surface area contributed by atoms with Crippen molar-refractivity contribution in [1.29, 1.82) is 0 Å². The Morgan fingerprint density at radius 3 is 3.00 bits per heavy atom. The molecule has 1 atom stereocenters. The van der Waals surface area contributed by atoms with Crippen LogP contribution in [0.2, 0.25) is 0 Å². The molecule has 4 bridgehead atoms. The first kappa shape index (κ1) is 18.4. The second-order valence-corrected chi connectivity index (χ2v) is 7.29. The molecule has 0 saturated carbocycles. The second-order valence-electron chi connectivity index (χ2n) is 7.29. The first-order chi connectivity index (χ1) is 12.6. The maximum absolute atomic E-state index is 4.92. The number of nitrogens with one attached hydrogen (secondary N) is 1. The van der Waals surface area contributed by atoms with Gasteiger partial charge in [0, 0.05) is 18.8 Å². The van der Waals surface area contributed by atoms with E-state index in [4.69, 9.17) is 4.99 Å². The minimum absolute atomic E-state index is 0.598. The lowest BCUT2D eigenvalue weighted by Gasteiger charge is -2.23. The van der Waals surface area contributed by atoms with E-state index >= 15 is 0 Å². The van der Waals surface area contributed by atoms with Gasteiger partial charge in [0.25, 0.3) is 0 Å². The minimum atomic E-state index is 0.598. The Morgan fingerprint density at radius 1 is 1.35 bits per heavy atom. The lowest BCUT2D eigenvalue weighted by molar-refractivity contribution is 0.506. The number of hydrogen-bond acceptors (Lipinski definition) is 3. The molecule has 2 aliphatic heterocycles. The largest absolute Gasteiger partial charge is 0.335 e. The van der Waals surface area contributed by atoms with Crippen LogP contribution in [-0.4, -0.2) is 30.7 Å². The van der Waals surface area contributed by atoms with Crippen LogP contribution in [0.3, 0.4) is 0 Å². The molecule has 2 heterocycles. The van der Waals surface area contributed by atoms with Gasteiger partial charge in [0.1, 0.15) is 5.82 Å². The van der Waals surface area contributed by atoms with Crippen molar-refractivity contribution in [1.82, 2.24) is 10.2 Å². The van der Waals surface area contributed by atoms with Gasteiger partial charge in [0.05, 0.1) is 5.71 Å². The molecule has 0 spiro atoms. The average molecular weight is 348 g/mol. The molecule has 0 radical (unpaired) electrons. The van der Waals surface area contributed by atoms with Gasteiger partial charge in [-0.1, -0.05) is 50.4 Å². The van der Waals surface area contributed by atoms with Crippen molar-refractivity contribution in [2.24, 2.45) is 10.9 Å². The monoisotopic (exact) mass is 347 g/mol. The summed E-state index contributed by atoms with van der Waals surface area (Å²) in [5.74, 6) is 1.53. The van der Waals surface area contributed by atoms with Crippen LogP contribution in [-0.2, 0) is 6.42 Å². The highest BCUT2D eigenvalue weighted by Gasteiger charge is 2.16. The van der Waals surface area contributed by atoms with E-state index in [1.54, 1.807) is 0 Å². The molecule has 0 saturated heterocycles. The Morgan fingerprint density at radius 2 is 2.19 bits per heavy atom. The number of fused-ring (bicyclic) bond motifs is 3. The van der Waals surface area contributed by atoms with Crippen LogP contribution in [0.1, 0.15) is 30.9 Å². The van der Waals surface area contributed by atoms with Gasteiger partial charge >= 0.3 is 0 Å². The lowest BCUT2D eigenvalue weighted by Crippen LogP contribution is -2.23. The van der Waals surface area contributed by atoms with Crippen molar-refractivity contribution in [3.63, 3.8) is 0 Å². The molecule has 3 rings (SSSR count). The fraction of sp³-hybridized carbons (Fsp3) is 0.348. The van der Waals surface area contributed by atoms with Gasteiger partial charge < -0.3 is 10.2 Å². The van der Waals surface area contributed by atoms with E-state index in [-0.39, 0.29) is 0 Å². The Bertz CT molecular complexity index is 782. The summed E-state index contributed by atoms with van der Waals surface area (Å²) >= 11 is 0. The maximum atomic E-state index is 4.92. The first-order valence-corrected chi connectivity index (χ1v) is 9.43. The summed E-state index contributed by atoms with van der Waals surface area (Å²) in [6.07, 6.45) is 9.13. The van der Waals surface area contributed by atoms with Gasteiger partial charge in [-0.05, 0) is 61.0 Å². The number of nitrogens with zero attached hydrogens (tertiary/aromatic N) is 2. The molecule has 0 aromatic heterocycles. The maximum Gasteiger partial charge on any atom is 0.140 e. The van der Waals surface area contributed by atoms with Gasteiger partial charge in [0.2, 0.25) is 0 Å². The number of hydrogen-bond donors (Lipinski definition) is 1. The summed E-state index contributed by atoms with van der Waals surface area (Å²) in [7, 11) is 2.03. The molecule has 1 unspecified atom stereocenters. The third-order valence-corrected chi connectivity index (χ3v) is 4.97. The van der Waals surface area contributed by atoms with E-state index in [9.17, 15) is 0 Å². The van der Waals surface area contributed by atoms with E-state index in [1.165, 1.54) is 11.1 Å². The molecule has 1 aromatic rings. The minimum Gasteiger partial charge on any atom is -0.335 e. The summed E-state index contributed by atoms with van der Waals surface area (Å²) in [6.45, 7) is 12.7. The van der Waals surface area contributed by atoms with Crippen molar-refractivity contribution in [3.05, 3.63) is 78.3 Å². The zero-order valence-electron chi connectivity index (χ0n) is 16.0. The standard InChI is InChI=1S/C23H29N3/c1-5-21-20-10-6-9-19(15-20)14-17(2)16-24-12-7-8-18(3)22-11-13-26(4)23(21)25-22/h5-6,9-11,13,15,17,24H,1,3,7-8,12,14,16H2,2,4H3/b23-21+. The SMILES string of the molecule is C=C/C1=C2/N=C(C=CN2C)C(=C)CCCNCC(C)Cc2cccc1c2. The van der Waals surface area contributed by atoms with Crippen LogP contribution in [0.15, 0.2) is 72.2 Å². The molecular formula is C23H29N3. The molecule has 0 fully saturated rings. The van der Waals surface area contributed by atoms with Crippen molar-refractivity contribution in [2.45, 2.75) is 26.2 Å². The Hall–Kier alpha value is -2.39. The van der Waals surface area contributed by atoms with Crippen LogP contribution < -0.4 is 5.32 Å². The van der Waals surface area contributed by atoms with Crippen LogP contribution in [0.5, 0.6) is 0 Å². The molecule has 3 heteroatoms. The lowest BCUT2D eigenvalue weighted by atomic mass is 9.96. The van der Waals surface area contributed by atoms with Crippen molar-refractivity contribution in [3.8, 4) is 0 Å². The zero-order valence-corrected chi connectivity index (χ0v) is 16.0. The predicted molar refractivity (Wildman–Crippen MR) is 112 cm³/mol. The molecule has 0 amide bonds. The Balaban J connectivity index is 2.08. The van der Waals surface area contributed by atoms with Crippen molar-refractivity contribution < 1.29 is 0 Å². The fourth-order valence-electron chi connectivity index (χ4n) is 3.51. The summed E-state index contributed by atoms with van der Waals surface area (Å²) < 4.78 is 0. The van der Waals surface area contributed by atoms with Gasteiger partial charge in [-0.15, -0.1) is 0 Å². The number of benzene rings is 1. The molecule has 1 aromatic carbocycles. The molecular weight excluding hydrogens is 318 g/mol. The molecule has 0 aliphatic carbocycles. The first-order valence-electron chi connectivity index (χ1n) is 9.43. The Labute approximate surface area is 157 Å². The van der Waals surface area contributed by atoms with Crippen molar-refractivity contribution in [2.75, 3.05) is 20.1 Å². The highest BCUT2D eigenvalue weighted by Crippen LogP contribution is 2.27. The number of rotatable bonds is 1. The number of allylic oxidation sites excluding steroid dienone is 4. The molecule has 3 nitrogen and oxygen atoms in total. The zero-order chi connectivity index (χ0) is 18.5. The van der Waals surface area contributed by atoms with Gasteiger partial charge in [0.15, 0.2) is 0 Å². The smallest absolute Gasteiger partial charge is 0.140 e. The number of aliphatic imine (C=N–C) groups is 1. The quantitative estimate of drug-likeness (QED) is 0.806. The van der Waals surface area contributed by atoms with E-state index in [1.807, 2.05) is 13.1 Å². The third kappa shape index (κ3) is 4.23. The summed E-state index contributed by atoms with van der Waals surface area (Å²) in [5, 5.41) is 3.58. The highest BCUT2D eigenvalue weighted by molar-refractivity contribution is 6.09. The van der Waals surface area contributed by atoms with E-state index in [0.717, 1.165) is 55.0 Å². The normalized spacial score (nSPS) is 24.5. The van der Waals surface area contributed by atoms with E-state index < -0.39 is 0 Å². The van der Waals surface area contributed by atoms with Gasteiger partial charge in [-0.25, -0.2) is 4.99 Å². The van der Waals surface area contributed by atoms with Gasteiger partial charge in [-0.2, -0.15) is 0 Å². The molecule has 136 valence electrons. The predicted octanol–water partition coefficient (Wildman–Crippen LogP) is 4.56. The topological polar surface area (TPSA) is 27.6 Å². The fourth-order valence-corrected chi connectivity index (χ4v) is 3.51. The van der Waals surface area contributed by atoms with Crippen LogP contribution in [0.25, 0.3) is 5.57 Å². The summed E-state index contributed by atoms with van der Waals surface area (Å²) in [5.41, 5.74) is 5.64. The molecule has 2 aliphatic rings. The van der Waals surface area contributed by atoms with Crippen LogP contribution in [0.4, 0.5) is 0 Å². The van der Waals surface area contributed by atoms with E-state index in [2.05, 4.69) is 66.8 Å². The highest BCUT2D eigenvalue weighted by atomic mass is 15.2. The van der Waals surface area contributed by atoms with Crippen LogP contribution >= 0.6 is 0 Å². The molecule has 26 heavy (non-hydrogen) atoms.